The van der Waals surface area contributed by atoms with Crippen molar-refractivity contribution < 1.29 is 4.39 Å². The molecule has 4 nitrogen and oxygen atoms in total. The number of rotatable bonds is 3. The summed E-state index contributed by atoms with van der Waals surface area (Å²) in [6.45, 7) is 0.472. The molecule has 5 heteroatoms. The fourth-order valence-electron chi connectivity index (χ4n) is 1.77. The summed E-state index contributed by atoms with van der Waals surface area (Å²) in [4.78, 5) is 1.50. The van der Waals surface area contributed by atoms with Gasteiger partial charge in [-0.05, 0) is 22.9 Å². The van der Waals surface area contributed by atoms with Crippen LogP contribution in [0.1, 0.15) is 5.56 Å². The third-order valence-electron chi connectivity index (χ3n) is 2.72. The van der Waals surface area contributed by atoms with Crippen LogP contribution in [0, 0.1) is 5.82 Å². The van der Waals surface area contributed by atoms with Crippen molar-refractivity contribution in [3.8, 4) is 11.4 Å². The molecule has 0 atom stereocenters. The Morgan fingerprint density at radius 3 is 2.42 bits per heavy atom. The number of aromatic nitrogens is 4. The quantitative estimate of drug-likeness (QED) is 0.721. The largest absolute Gasteiger partial charge is 0.207 e. The molecule has 0 saturated carbocycles. The van der Waals surface area contributed by atoms with Crippen LogP contribution in [0.25, 0.3) is 11.4 Å². The Kier molecular flexibility index (Phi) is 3.02. The number of halogens is 1. The van der Waals surface area contributed by atoms with E-state index >= 15 is 0 Å². The van der Waals surface area contributed by atoms with Gasteiger partial charge in [0.25, 0.3) is 0 Å². The molecule has 0 spiro atoms. The first-order valence-electron chi connectivity index (χ1n) is 5.89. The lowest BCUT2D eigenvalue weighted by molar-refractivity contribution is 0.570. The molecule has 94 valence electrons. The molecular formula is C14H11FN4. The summed E-state index contributed by atoms with van der Waals surface area (Å²) < 4.78 is 12.8. The predicted molar refractivity (Wildman–Crippen MR) is 68.8 cm³/mol. The van der Waals surface area contributed by atoms with Crippen LogP contribution in [0.4, 0.5) is 4.39 Å². The van der Waals surface area contributed by atoms with Crippen LogP contribution in [0.15, 0.2) is 54.6 Å². The molecule has 0 amide bonds. The van der Waals surface area contributed by atoms with E-state index < -0.39 is 0 Å². The first-order chi connectivity index (χ1) is 9.31. The summed E-state index contributed by atoms with van der Waals surface area (Å²) in [6.07, 6.45) is 0. The normalized spacial score (nSPS) is 10.6. The fraction of sp³-hybridized carbons (Fsp3) is 0.0714. The highest BCUT2D eigenvalue weighted by molar-refractivity contribution is 5.52. The van der Waals surface area contributed by atoms with E-state index in [1.807, 2.05) is 30.3 Å². The number of hydrogen-bond donors (Lipinski definition) is 0. The van der Waals surface area contributed by atoms with Crippen molar-refractivity contribution in [3.05, 3.63) is 66.0 Å². The van der Waals surface area contributed by atoms with Gasteiger partial charge in [-0.25, -0.2) is 4.39 Å². The molecule has 0 radical (unpaired) electrons. The van der Waals surface area contributed by atoms with Gasteiger partial charge in [0.05, 0.1) is 6.54 Å². The van der Waals surface area contributed by atoms with Crippen molar-refractivity contribution in [3.63, 3.8) is 0 Å². The molecule has 1 aromatic heterocycles. The molecule has 0 aliphatic heterocycles. The molecule has 0 fully saturated rings. The van der Waals surface area contributed by atoms with Crippen molar-refractivity contribution >= 4 is 0 Å². The van der Waals surface area contributed by atoms with E-state index in [1.165, 1.54) is 16.9 Å². The van der Waals surface area contributed by atoms with Gasteiger partial charge < -0.3 is 0 Å². The molecule has 0 N–H and O–H groups in total. The van der Waals surface area contributed by atoms with Crippen LogP contribution in [-0.4, -0.2) is 20.2 Å². The molecular weight excluding hydrogens is 243 g/mol. The predicted octanol–water partition coefficient (Wildman–Crippen LogP) is 2.53. The van der Waals surface area contributed by atoms with Gasteiger partial charge in [-0.1, -0.05) is 42.5 Å². The van der Waals surface area contributed by atoms with Gasteiger partial charge in [0.15, 0.2) is 0 Å². The van der Waals surface area contributed by atoms with Gasteiger partial charge in [-0.2, -0.15) is 4.80 Å². The molecule has 0 unspecified atom stereocenters. The maximum Gasteiger partial charge on any atom is 0.204 e. The molecule has 0 aliphatic carbocycles. The Morgan fingerprint density at radius 1 is 0.947 bits per heavy atom. The second-order valence-electron chi connectivity index (χ2n) is 4.14. The van der Waals surface area contributed by atoms with Gasteiger partial charge in [-0.3, -0.25) is 0 Å². The number of nitrogens with zero attached hydrogens (tertiary/aromatic N) is 4. The Bertz CT molecular complexity index is 661. The Labute approximate surface area is 109 Å². The lowest BCUT2D eigenvalue weighted by Gasteiger charge is -1.98. The standard InChI is InChI=1S/C14H11FN4/c15-13-8-6-11(7-9-13)10-19-17-14(16-18-19)12-4-2-1-3-5-12/h1-9H,10H2. The summed E-state index contributed by atoms with van der Waals surface area (Å²) in [5, 5.41) is 12.3. The van der Waals surface area contributed by atoms with Gasteiger partial charge in [-0.15, -0.1) is 10.2 Å². The maximum atomic E-state index is 12.8. The van der Waals surface area contributed by atoms with Crippen LogP contribution < -0.4 is 0 Å². The molecule has 3 rings (SSSR count). The molecule has 1 heterocycles. The van der Waals surface area contributed by atoms with Crippen molar-refractivity contribution in [1.82, 2.24) is 20.2 Å². The minimum absolute atomic E-state index is 0.250. The number of benzene rings is 2. The van der Waals surface area contributed by atoms with Crippen LogP contribution in [0.2, 0.25) is 0 Å². The van der Waals surface area contributed by atoms with E-state index in [2.05, 4.69) is 15.4 Å². The lowest BCUT2D eigenvalue weighted by Crippen LogP contribution is -2.03. The number of hydrogen-bond acceptors (Lipinski definition) is 3. The fourth-order valence-corrected chi connectivity index (χ4v) is 1.77. The highest BCUT2D eigenvalue weighted by atomic mass is 19.1. The Morgan fingerprint density at radius 2 is 1.68 bits per heavy atom. The van der Waals surface area contributed by atoms with Gasteiger partial charge >= 0.3 is 0 Å². The third kappa shape index (κ3) is 2.65. The first kappa shape index (κ1) is 11.5. The Balaban J connectivity index is 1.80. The summed E-state index contributed by atoms with van der Waals surface area (Å²) in [6, 6.07) is 15.9. The molecule has 0 bridgehead atoms. The highest BCUT2D eigenvalue weighted by Crippen LogP contribution is 2.12. The zero-order chi connectivity index (χ0) is 13.1. The summed E-state index contributed by atoms with van der Waals surface area (Å²) in [5.74, 6) is 0.336. The average molecular weight is 254 g/mol. The van der Waals surface area contributed by atoms with E-state index in [0.29, 0.717) is 12.4 Å². The van der Waals surface area contributed by atoms with Gasteiger partial charge in [0, 0.05) is 5.56 Å². The van der Waals surface area contributed by atoms with Gasteiger partial charge in [0.2, 0.25) is 5.82 Å². The minimum Gasteiger partial charge on any atom is -0.207 e. The summed E-state index contributed by atoms with van der Waals surface area (Å²) in [5.41, 5.74) is 1.85. The second kappa shape index (κ2) is 4.97. The van der Waals surface area contributed by atoms with Crippen LogP contribution in [0.5, 0.6) is 0 Å². The van der Waals surface area contributed by atoms with Crippen LogP contribution in [-0.2, 0) is 6.54 Å². The van der Waals surface area contributed by atoms with Crippen molar-refractivity contribution in [2.24, 2.45) is 0 Å². The van der Waals surface area contributed by atoms with Crippen LogP contribution in [0.3, 0.4) is 0 Å². The van der Waals surface area contributed by atoms with Gasteiger partial charge in [0.1, 0.15) is 5.82 Å². The zero-order valence-corrected chi connectivity index (χ0v) is 10.1. The van der Waals surface area contributed by atoms with Crippen LogP contribution >= 0.6 is 0 Å². The minimum atomic E-state index is -0.250. The molecule has 0 saturated heterocycles. The Hall–Kier alpha value is -2.56. The second-order valence-corrected chi connectivity index (χ2v) is 4.14. The molecule has 3 aromatic rings. The number of tetrazole rings is 1. The van der Waals surface area contributed by atoms with E-state index in [9.17, 15) is 4.39 Å². The molecule has 19 heavy (non-hydrogen) atoms. The maximum absolute atomic E-state index is 12.8. The van der Waals surface area contributed by atoms with Crippen molar-refractivity contribution in [2.75, 3.05) is 0 Å². The first-order valence-corrected chi connectivity index (χ1v) is 5.89. The van der Waals surface area contributed by atoms with E-state index in [4.69, 9.17) is 0 Å². The third-order valence-corrected chi connectivity index (χ3v) is 2.72. The van der Waals surface area contributed by atoms with Crippen molar-refractivity contribution in [2.45, 2.75) is 6.54 Å². The summed E-state index contributed by atoms with van der Waals surface area (Å²) in [7, 11) is 0. The lowest BCUT2D eigenvalue weighted by atomic mass is 10.2. The zero-order valence-electron chi connectivity index (χ0n) is 10.1. The molecule has 2 aromatic carbocycles. The van der Waals surface area contributed by atoms with E-state index in [0.717, 1.165) is 11.1 Å². The van der Waals surface area contributed by atoms with Crippen molar-refractivity contribution in [1.29, 1.82) is 0 Å². The van der Waals surface area contributed by atoms with E-state index in [1.54, 1.807) is 12.1 Å². The SMILES string of the molecule is Fc1ccc(Cn2nnc(-c3ccccc3)n2)cc1. The monoisotopic (exact) mass is 254 g/mol. The highest BCUT2D eigenvalue weighted by Gasteiger charge is 2.05. The topological polar surface area (TPSA) is 43.6 Å². The molecule has 0 aliphatic rings. The summed E-state index contributed by atoms with van der Waals surface area (Å²) >= 11 is 0. The van der Waals surface area contributed by atoms with E-state index in [-0.39, 0.29) is 5.82 Å². The smallest absolute Gasteiger partial charge is 0.204 e. The average Bonchev–Trinajstić information content (AvgIpc) is 2.91.